The molecule has 11 heteroatoms. The third-order valence-corrected chi connectivity index (χ3v) is 5.05. The summed E-state index contributed by atoms with van der Waals surface area (Å²) in [4.78, 5) is 19.5. The van der Waals surface area contributed by atoms with Crippen molar-refractivity contribution in [1.29, 1.82) is 0 Å². The van der Waals surface area contributed by atoms with Crippen LogP contribution in [-0.4, -0.2) is 55.6 Å². The second kappa shape index (κ2) is 7.00. The quantitative estimate of drug-likeness (QED) is 0.701. The summed E-state index contributed by atoms with van der Waals surface area (Å²) in [5, 5.41) is 21.6. The van der Waals surface area contributed by atoms with Crippen LogP contribution in [0.25, 0.3) is 10.4 Å². The zero-order valence-corrected chi connectivity index (χ0v) is 15.1. The summed E-state index contributed by atoms with van der Waals surface area (Å²) < 4.78 is 19.6. The van der Waals surface area contributed by atoms with E-state index in [9.17, 15) is 9.18 Å². The van der Waals surface area contributed by atoms with Gasteiger partial charge in [0, 0.05) is 11.8 Å². The number of tetrazole rings is 1. The summed E-state index contributed by atoms with van der Waals surface area (Å²) in [7, 11) is 1.68. The molecular formula is C16H15FN6O3S. The first kappa shape index (κ1) is 17.5. The number of amides is 1. The van der Waals surface area contributed by atoms with Gasteiger partial charge in [-0.15, -0.1) is 21.5 Å². The van der Waals surface area contributed by atoms with Gasteiger partial charge in [0.25, 0.3) is 0 Å². The summed E-state index contributed by atoms with van der Waals surface area (Å²) in [6.45, 7) is -0.0863. The Morgan fingerprint density at radius 3 is 2.96 bits per heavy atom. The van der Waals surface area contributed by atoms with Gasteiger partial charge in [0.2, 0.25) is 0 Å². The van der Waals surface area contributed by atoms with Gasteiger partial charge < -0.3 is 9.84 Å². The van der Waals surface area contributed by atoms with E-state index in [4.69, 9.17) is 9.84 Å². The Labute approximate surface area is 157 Å². The Kier molecular flexibility index (Phi) is 4.54. The van der Waals surface area contributed by atoms with Crippen molar-refractivity contribution in [3.05, 3.63) is 41.0 Å². The number of rotatable bonds is 5. The number of ether oxygens (including phenoxy) is 1. The molecule has 4 rings (SSSR count). The highest BCUT2D eigenvalue weighted by Gasteiger charge is 2.32. The van der Waals surface area contributed by atoms with Gasteiger partial charge in [-0.3, -0.25) is 4.90 Å². The highest BCUT2D eigenvalue weighted by molar-refractivity contribution is 7.15. The number of benzene rings is 1. The number of nitrogens with zero attached hydrogens (tertiary/aromatic N) is 6. The summed E-state index contributed by atoms with van der Waals surface area (Å²) in [5.41, 5.74) is 0.770. The molecule has 0 spiro atoms. The molecule has 0 aliphatic carbocycles. The van der Waals surface area contributed by atoms with Gasteiger partial charge in [-0.05, 0) is 23.4 Å². The van der Waals surface area contributed by atoms with Crippen molar-refractivity contribution in [3.63, 3.8) is 0 Å². The highest BCUT2D eigenvalue weighted by atomic mass is 32.1. The van der Waals surface area contributed by atoms with Crippen LogP contribution >= 0.6 is 11.3 Å². The van der Waals surface area contributed by atoms with Gasteiger partial charge in [0.05, 0.1) is 37.2 Å². The number of aromatic nitrogens is 5. The lowest BCUT2D eigenvalue weighted by Gasteiger charge is -2.13. The standard InChI is InChI=1S/C16H15FN6O3S/c1-22-20-14(19-21-22)5-15-18-6-13(27-15)11-3-2-9(4-12(11)17)23-7-10(8-24)26-16(23)25/h2-4,6,10,24H,5,7-8H2,1H3/t10-/m1/s1. The van der Waals surface area contributed by atoms with Crippen molar-refractivity contribution in [2.75, 3.05) is 18.1 Å². The Bertz CT molecular complexity index is 990. The first-order chi connectivity index (χ1) is 13.0. The fourth-order valence-electron chi connectivity index (χ4n) is 2.75. The number of hydrogen-bond donors (Lipinski definition) is 1. The van der Waals surface area contributed by atoms with Crippen molar-refractivity contribution < 1.29 is 19.0 Å². The number of halogens is 1. The van der Waals surface area contributed by atoms with Gasteiger partial charge in [-0.25, -0.2) is 14.2 Å². The second-order valence-electron chi connectivity index (χ2n) is 5.95. The van der Waals surface area contributed by atoms with Crippen LogP contribution in [0.15, 0.2) is 24.4 Å². The number of carbonyl (C=O) groups excluding carboxylic acids is 1. The van der Waals surface area contributed by atoms with Crippen molar-refractivity contribution in [2.45, 2.75) is 12.5 Å². The van der Waals surface area contributed by atoms with Crippen LogP contribution in [0, 0.1) is 5.82 Å². The number of aliphatic hydroxyl groups excluding tert-OH is 1. The largest absolute Gasteiger partial charge is 0.441 e. The Hall–Kier alpha value is -2.92. The van der Waals surface area contributed by atoms with Crippen LogP contribution in [0.4, 0.5) is 14.9 Å². The molecule has 0 saturated carbocycles. The molecule has 1 fully saturated rings. The first-order valence-corrected chi connectivity index (χ1v) is 8.91. The average Bonchev–Trinajstić information content (AvgIpc) is 3.36. The molecule has 1 aliphatic heterocycles. The molecule has 3 aromatic rings. The maximum absolute atomic E-state index is 14.6. The van der Waals surface area contributed by atoms with Crippen molar-refractivity contribution in [3.8, 4) is 10.4 Å². The molecule has 1 amide bonds. The van der Waals surface area contributed by atoms with E-state index in [1.54, 1.807) is 25.4 Å². The van der Waals surface area contributed by atoms with Crippen molar-refractivity contribution >= 4 is 23.1 Å². The number of anilines is 1. The van der Waals surface area contributed by atoms with Crippen molar-refractivity contribution in [1.82, 2.24) is 25.2 Å². The SMILES string of the molecule is Cn1nnc(Cc2ncc(-c3ccc(N4C[C@H](CO)OC4=O)cc3F)s2)n1. The van der Waals surface area contributed by atoms with Gasteiger partial charge in [-0.2, -0.15) is 4.80 Å². The van der Waals surface area contributed by atoms with E-state index in [1.165, 1.54) is 27.1 Å². The maximum atomic E-state index is 14.6. The number of thiazole rings is 1. The van der Waals surface area contributed by atoms with Gasteiger partial charge in [0.15, 0.2) is 5.82 Å². The summed E-state index contributed by atoms with van der Waals surface area (Å²) >= 11 is 1.34. The van der Waals surface area contributed by atoms with Crippen LogP contribution in [0.1, 0.15) is 10.8 Å². The lowest BCUT2D eigenvalue weighted by molar-refractivity contribution is 0.0963. The highest BCUT2D eigenvalue weighted by Crippen LogP contribution is 2.32. The minimum Gasteiger partial charge on any atom is -0.441 e. The maximum Gasteiger partial charge on any atom is 0.414 e. The molecule has 0 bridgehead atoms. The molecule has 27 heavy (non-hydrogen) atoms. The molecule has 1 aliphatic rings. The average molecular weight is 390 g/mol. The monoisotopic (exact) mass is 390 g/mol. The van der Waals surface area contributed by atoms with Crippen LogP contribution in [0.3, 0.4) is 0 Å². The Morgan fingerprint density at radius 2 is 2.30 bits per heavy atom. The van der Waals surface area contributed by atoms with Crippen molar-refractivity contribution in [2.24, 2.45) is 7.05 Å². The van der Waals surface area contributed by atoms with E-state index >= 15 is 0 Å². The molecule has 1 atom stereocenters. The zero-order chi connectivity index (χ0) is 19.0. The Morgan fingerprint density at radius 1 is 1.44 bits per heavy atom. The molecular weight excluding hydrogens is 375 g/mol. The van der Waals surface area contributed by atoms with Crippen LogP contribution in [0.2, 0.25) is 0 Å². The minimum absolute atomic E-state index is 0.184. The predicted molar refractivity (Wildman–Crippen MR) is 93.8 cm³/mol. The fraction of sp³-hybridized carbons (Fsp3) is 0.312. The van der Waals surface area contributed by atoms with E-state index in [1.807, 2.05) is 0 Å². The van der Waals surface area contributed by atoms with Crippen LogP contribution in [0.5, 0.6) is 0 Å². The van der Waals surface area contributed by atoms with E-state index in [2.05, 4.69) is 20.4 Å². The minimum atomic E-state index is -0.599. The number of hydrogen-bond acceptors (Lipinski definition) is 8. The van der Waals surface area contributed by atoms with E-state index < -0.39 is 18.0 Å². The summed E-state index contributed by atoms with van der Waals surface area (Å²) in [6, 6.07) is 4.52. The third kappa shape index (κ3) is 3.51. The molecule has 0 unspecified atom stereocenters. The number of aliphatic hydroxyl groups is 1. The molecule has 1 N–H and O–H groups in total. The van der Waals surface area contributed by atoms with Gasteiger partial charge >= 0.3 is 6.09 Å². The van der Waals surface area contributed by atoms with Gasteiger partial charge in [0.1, 0.15) is 16.9 Å². The van der Waals surface area contributed by atoms with Crippen LogP contribution in [-0.2, 0) is 18.2 Å². The lowest BCUT2D eigenvalue weighted by atomic mass is 10.1. The van der Waals surface area contributed by atoms with Crippen LogP contribution < -0.4 is 4.90 Å². The first-order valence-electron chi connectivity index (χ1n) is 8.10. The molecule has 2 aromatic heterocycles. The summed E-state index contributed by atoms with van der Waals surface area (Å²) in [6.07, 6.45) is 0.817. The molecule has 9 nitrogen and oxygen atoms in total. The smallest absolute Gasteiger partial charge is 0.414 e. The fourth-order valence-corrected chi connectivity index (χ4v) is 3.69. The molecule has 1 saturated heterocycles. The van der Waals surface area contributed by atoms with E-state index in [0.29, 0.717) is 28.4 Å². The zero-order valence-electron chi connectivity index (χ0n) is 14.2. The van der Waals surface area contributed by atoms with E-state index in [-0.39, 0.29) is 13.2 Å². The third-order valence-electron chi connectivity index (χ3n) is 4.02. The second-order valence-corrected chi connectivity index (χ2v) is 7.07. The molecule has 0 radical (unpaired) electrons. The number of cyclic esters (lactones) is 1. The number of aryl methyl sites for hydroxylation is 1. The number of carbonyl (C=O) groups is 1. The molecule has 1 aromatic carbocycles. The lowest BCUT2D eigenvalue weighted by Crippen LogP contribution is -2.25. The normalized spacial score (nSPS) is 16.8. The predicted octanol–water partition coefficient (Wildman–Crippen LogP) is 1.38. The molecule has 140 valence electrons. The van der Waals surface area contributed by atoms with E-state index in [0.717, 1.165) is 5.01 Å². The topological polar surface area (TPSA) is 106 Å². The Balaban J connectivity index is 1.54. The molecule has 3 heterocycles. The van der Waals surface area contributed by atoms with Gasteiger partial charge in [-0.1, -0.05) is 0 Å². The summed E-state index contributed by atoms with van der Waals surface area (Å²) in [5.74, 6) is 0.0702.